The molecule has 1 aliphatic rings. The first-order chi connectivity index (χ1) is 8.28. The van der Waals surface area contributed by atoms with Crippen LogP contribution in [0.1, 0.15) is 27.2 Å². The molecule has 100 valence electrons. The predicted octanol–water partition coefficient (Wildman–Crippen LogP) is 1.24. The summed E-state index contributed by atoms with van der Waals surface area (Å²) in [5.41, 5.74) is 0.421. The highest BCUT2D eigenvalue weighted by Crippen LogP contribution is 2.22. The van der Waals surface area contributed by atoms with Crippen molar-refractivity contribution < 1.29 is 19.6 Å². The van der Waals surface area contributed by atoms with Crippen molar-refractivity contribution in [3.05, 3.63) is 23.8 Å². The molecule has 1 atom stereocenters. The SMILES string of the molecule is CC(C)(C)OC(=O)NCC1=CCC(B(O)O)C=C1. The molecule has 0 aromatic carbocycles. The van der Waals surface area contributed by atoms with E-state index in [0.717, 1.165) is 5.57 Å². The van der Waals surface area contributed by atoms with Crippen LogP contribution < -0.4 is 5.32 Å². The van der Waals surface area contributed by atoms with Gasteiger partial charge >= 0.3 is 13.2 Å². The molecule has 1 amide bonds. The molecule has 0 heterocycles. The largest absolute Gasteiger partial charge is 0.459 e. The van der Waals surface area contributed by atoms with Crippen LogP contribution in [0.4, 0.5) is 4.79 Å². The van der Waals surface area contributed by atoms with Crippen molar-refractivity contribution in [2.75, 3.05) is 6.54 Å². The topological polar surface area (TPSA) is 78.8 Å². The van der Waals surface area contributed by atoms with Crippen LogP contribution in [0.5, 0.6) is 0 Å². The highest BCUT2D eigenvalue weighted by atomic mass is 16.6. The summed E-state index contributed by atoms with van der Waals surface area (Å²) in [7, 11) is -1.34. The Bertz CT molecular complexity index is 358. The lowest BCUT2D eigenvalue weighted by Gasteiger charge is -2.20. The average molecular weight is 253 g/mol. The zero-order chi connectivity index (χ0) is 13.8. The molecule has 6 heteroatoms. The summed E-state index contributed by atoms with van der Waals surface area (Å²) >= 11 is 0. The van der Waals surface area contributed by atoms with Gasteiger partial charge in [0.25, 0.3) is 0 Å². The Labute approximate surface area is 108 Å². The highest BCUT2D eigenvalue weighted by Gasteiger charge is 2.21. The number of nitrogens with one attached hydrogen (secondary N) is 1. The second kappa shape index (κ2) is 6.06. The van der Waals surface area contributed by atoms with Crippen LogP contribution >= 0.6 is 0 Å². The van der Waals surface area contributed by atoms with Gasteiger partial charge in [-0.3, -0.25) is 0 Å². The van der Waals surface area contributed by atoms with Crippen LogP contribution in [0.15, 0.2) is 23.8 Å². The Morgan fingerprint density at radius 3 is 2.67 bits per heavy atom. The minimum atomic E-state index is -1.34. The maximum atomic E-state index is 11.4. The second-order valence-corrected chi connectivity index (χ2v) is 5.31. The van der Waals surface area contributed by atoms with Gasteiger partial charge in [0.05, 0.1) is 0 Å². The molecule has 0 saturated heterocycles. The Morgan fingerprint density at radius 1 is 1.56 bits per heavy atom. The van der Waals surface area contributed by atoms with Gasteiger partial charge in [-0.05, 0) is 32.8 Å². The minimum Gasteiger partial charge on any atom is -0.444 e. The Kier molecular flexibility index (Phi) is 4.98. The number of hydrogen-bond acceptors (Lipinski definition) is 4. The van der Waals surface area contributed by atoms with E-state index in [2.05, 4.69) is 5.32 Å². The normalized spacial score (nSPS) is 19.2. The van der Waals surface area contributed by atoms with Crippen molar-refractivity contribution in [3.63, 3.8) is 0 Å². The third-order valence-electron chi connectivity index (χ3n) is 2.43. The summed E-state index contributed by atoms with van der Waals surface area (Å²) < 4.78 is 5.11. The first-order valence-corrected chi connectivity index (χ1v) is 5.98. The zero-order valence-electron chi connectivity index (χ0n) is 11.0. The molecule has 0 fully saturated rings. The van der Waals surface area contributed by atoms with Crippen molar-refractivity contribution in [1.29, 1.82) is 0 Å². The van der Waals surface area contributed by atoms with Gasteiger partial charge in [-0.1, -0.05) is 18.2 Å². The van der Waals surface area contributed by atoms with E-state index in [0.29, 0.717) is 13.0 Å². The van der Waals surface area contributed by atoms with E-state index < -0.39 is 18.8 Å². The van der Waals surface area contributed by atoms with E-state index in [1.165, 1.54) is 0 Å². The standard InChI is InChI=1S/C12H20BNO4/c1-12(2,3)18-11(15)14-8-9-4-6-10(7-5-9)13(16)17/h4-6,10,16-17H,7-8H2,1-3H3,(H,14,15). The molecule has 0 bridgehead atoms. The Morgan fingerprint density at radius 2 is 2.22 bits per heavy atom. The number of allylic oxidation sites excluding steroid dienone is 2. The summed E-state index contributed by atoms with van der Waals surface area (Å²) in [4.78, 5) is 11.4. The van der Waals surface area contributed by atoms with Crippen molar-refractivity contribution in [3.8, 4) is 0 Å². The third-order valence-corrected chi connectivity index (χ3v) is 2.43. The summed E-state index contributed by atoms with van der Waals surface area (Å²) in [6, 6.07) is 0. The van der Waals surface area contributed by atoms with Crippen LogP contribution in [0.3, 0.4) is 0 Å². The van der Waals surface area contributed by atoms with Crippen LogP contribution in [0, 0.1) is 0 Å². The van der Waals surface area contributed by atoms with Gasteiger partial charge in [0.15, 0.2) is 0 Å². The van der Waals surface area contributed by atoms with Gasteiger partial charge in [-0.2, -0.15) is 0 Å². The number of carbonyl (C=O) groups is 1. The molecule has 3 N–H and O–H groups in total. The number of amides is 1. The average Bonchev–Trinajstić information content (AvgIpc) is 2.24. The molecular formula is C12H20BNO4. The van der Waals surface area contributed by atoms with Crippen LogP contribution in [0.2, 0.25) is 5.82 Å². The quantitative estimate of drug-likeness (QED) is 0.661. The number of rotatable bonds is 3. The lowest BCUT2D eigenvalue weighted by Crippen LogP contribution is -2.33. The number of ether oxygens (including phenoxy) is 1. The van der Waals surface area contributed by atoms with Gasteiger partial charge in [-0.15, -0.1) is 0 Å². The van der Waals surface area contributed by atoms with Gasteiger partial charge in [0.2, 0.25) is 0 Å². The maximum Gasteiger partial charge on any atom is 0.459 e. The summed E-state index contributed by atoms with van der Waals surface area (Å²) in [5, 5.41) is 20.6. The minimum absolute atomic E-state index is 0.268. The molecule has 5 nitrogen and oxygen atoms in total. The molecule has 0 saturated carbocycles. The van der Waals surface area contributed by atoms with E-state index in [4.69, 9.17) is 14.8 Å². The molecular weight excluding hydrogens is 233 g/mol. The second-order valence-electron chi connectivity index (χ2n) is 5.31. The molecule has 0 radical (unpaired) electrons. The van der Waals surface area contributed by atoms with Gasteiger partial charge in [0, 0.05) is 12.4 Å². The number of hydrogen-bond donors (Lipinski definition) is 3. The molecule has 0 aromatic rings. The van der Waals surface area contributed by atoms with E-state index >= 15 is 0 Å². The molecule has 0 aliphatic heterocycles. The molecule has 18 heavy (non-hydrogen) atoms. The smallest absolute Gasteiger partial charge is 0.444 e. The third kappa shape index (κ3) is 5.38. The maximum absolute atomic E-state index is 11.4. The van der Waals surface area contributed by atoms with E-state index in [1.807, 2.05) is 6.08 Å². The fraction of sp³-hybridized carbons (Fsp3) is 0.583. The fourth-order valence-corrected chi connectivity index (χ4v) is 1.52. The molecule has 1 aliphatic carbocycles. The van der Waals surface area contributed by atoms with Gasteiger partial charge in [0.1, 0.15) is 5.60 Å². The first-order valence-electron chi connectivity index (χ1n) is 5.98. The lowest BCUT2D eigenvalue weighted by molar-refractivity contribution is 0.0533. The molecule has 0 spiro atoms. The first kappa shape index (κ1) is 14.8. The van der Waals surface area contributed by atoms with E-state index in [-0.39, 0.29) is 5.82 Å². The van der Waals surface area contributed by atoms with Crippen molar-refractivity contribution in [1.82, 2.24) is 5.32 Å². The van der Waals surface area contributed by atoms with Crippen LogP contribution in [-0.2, 0) is 4.74 Å². The highest BCUT2D eigenvalue weighted by molar-refractivity contribution is 6.44. The molecule has 1 unspecified atom stereocenters. The lowest BCUT2D eigenvalue weighted by atomic mass is 9.69. The van der Waals surface area contributed by atoms with Crippen molar-refractivity contribution in [2.45, 2.75) is 38.6 Å². The number of alkyl carbamates (subject to hydrolysis) is 1. The monoisotopic (exact) mass is 253 g/mol. The van der Waals surface area contributed by atoms with E-state index in [1.54, 1.807) is 32.9 Å². The Balaban J connectivity index is 2.34. The Hall–Kier alpha value is -1.27. The van der Waals surface area contributed by atoms with Crippen molar-refractivity contribution in [2.24, 2.45) is 0 Å². The van der Waals surface area contributed by atoms with E-state index in [9.17, 15) is 4.79 Å². The number of carbonyl (C=O) groups excluding carboxylic acids is 1. The van der Waals surface area contributed by atoms with Crippen LogP contribution in [0.25, 0.3) is 0 Å². The van der Waals surface area contributed by atoms with Crippen LogP contribution in [-0.4, -0.2) is 35.4 Å². The molecule has 0 aromatic heterocycles. The fourth-order valence-electron chi connectivity index (χ4n) is 1.52. The van der Waals surface area contributed by atoms with Gasteiger partial charge < -0.3 is 20.1 Å². The predicted molar refractivity (Wildman–Crippen MR) is 70.0 cm³/mol. The van der Waals surface area contributed by atoms with Gasteiger partial charge in [-0.25, -0.2) is 4.79 Å². The zero-order valence-corrected chi connectivity index (χ0v) is 11.0. The summed E-state index contributed by atoms with van der Waals surface area (Å²) in [6.07, 6.45) is 5.49. The van der Waals surface area contributed by atoms with Crippen molar-refractivity contribution >= 4 is 13.2 Å². The molecule has 1 rings (SSSR count). The summed E-state index contributed by atoms with van der Waals surface area (Å²) in [6.45, 7) is 5.79. The summed E-state index contributed by atoms with van der Waals surface area (Å²) in [5.74, 6) is -0.268.